The first-order valence-corrected chi connectivity index (χ1v) is 8.94. The number of anilines is 1. The highest BCUT2D eigenvalue weighted by Crippen LogP contribution is 2.35. The van der Waals surface area contributed by atoms with Crippen molar-refractivity contribution in [1.29, 1.82) is 0 Å². The highest BCUT2D eigenvalue weighted by Gasteiger charge is 2.38. The Hall–Kier alpha value is -3.36. The third-order valence-electron chi connectivity index (χ3n) is 5.01. The van der Waals surface area contributed by atoms with Crippen LogP contribution in [0.25, 0.3) is 0 Å². The first-order valence-electron chi connectivity index (χ1n) is 8.94. The molecule has 0 aromatic heterocycles. The maximum absolute atomic E-state index is 12.6. The molecule has 1 saturated carbocycles. The van der Waals surface area contributed by atoms with Crippen LogP contribution in [0.4, 0.5) is 23.7 Å². The summed E-state index contributed by atoms with van der Waals surface area (Å²) >= 11 is 0. The molecular weight excluding hydrogens is 387 g/mol. The van der Waals surface area contributed by atoms with Crippen LogP contribution in [-0.2, 0) is 12.6 Å². The van der Waals surface area contributed by atoms with Crippen molar-refractivity contribution in [1.82, 2.24) is 10.6 Å². The molecule has 0 saturated heterocycles. The minimum atomic E-state index is -4.36. The van der Waals surface area contributed by atoms with E-state index in [1.807, 2.05) is 0 Å². The number of nitrogens with one attached hydrogen (secondary N) is 3. The van der Waals surface area contributed by atoms with Gasteiger partial charge in [0, 0.05) is 11.7 Å². The van der Waals surface area contributed by atoms with Crippen LogP contribution in [0.3, 0.4) is 0 Å². The van der Waals surface area contributed by atoms with Crippen LogP contribution < -0.4 is 16.0 Å². The second-order valence-corrected chi connectivity index (χ2v) is 7.14. The smallest absolute Gasteiger partial charge is 0.335 e. The van der Waals surface area contributed by atoms with Gasteiger partial charge in [-0.2, -0.15) is 13.2 Å². The van der Waals surface area contributed by atoms with Crippen molar-refractivity contribution in [2.75, 3.05) is 5.32 Å². The maximum atomic E-state index is 12.6. The van der Waals surface area contributed by atoms with Crippen molar-refractivity contribution in [3.05, 3.63) is 64.7 Å². The molecule has 9 heteroatoms. The zero-order valence-corrected chi connectivity index (χ0v) is 15.0. The molecule has 6 nitrogen and oxygen atoms in total. The molecule has 0 spiro atoms. The van der Waals surface area contributed by atoms with Gasteiger partial charge < -0.3 is 10.6 Å². The Balaban J connectivity index is 1.29. The zero-order chi connectivity index (χ0) is 20.8. The molecule has 1 aliphatic heterocycles. The normalized spacial score (nSPS) is 20.1. The zero-order valence-electron chi connectivity index (χ0n) is 15.0. The molecule has 29 heavy (non-hydrogen) atoms. The number of hydrogen-bond donors (Lipinski definition) is 3. The lowest BCUT2D eigenvalue weighted by atomic mass is 10.1. The van der Waals surface area contributed by atoms with E-state index in [2.05, 4.69) is 16.0 Å². The number of imide groups is 1. The Bertz CT molecular complexity index is 1000. The summed E-state index contributed by atoms with van der Waals surface area (Å²) in [4.78, 5) is 35.3. The molecule has 2 atom stereocenters. The van der Waals surface area contributed by atoms with Crippen LogP contribution in [-0.4, -0.2) is 23.9 Å². The van der Waals surface area contributed by atoms with Gasteiger partial charge in [-0.1, -0.05) is 12.1 Å². The SMILES string of the molecule is O=C(Nc1ccc2c(c1)C(=O)NC2=O)NC1CC1Cc1ccc(C(F)(F)F)cc1. The quantitative estimate of drug-likeness (QED) is 0.685. The lowest BCUT2D eigenvalue weighted by Crippen LogP contribution is -2.31. The molecule has 0 radical (unpaired) electrons. The average molecular weight is 403 g/mol. The number of alkyl halides is 3. The van der Waals surface area contributed by atoms with Gasteiger partial charge >= 0.3 is 12.2 Å². The molecule has 1 heterocycles. The monoisotopic (exact) mass is 403 g/mol. The van der Waals surface area contributed by atoms with Gasteiger partial charge in [0.05, 0.1) is 16.7 Å². The van der Waals surface area contributed by atoms with Gasteiger partial charge in [0.2, 0.25) is 0 Å². The fourth-order valence-electron chi connectivity index (χ4n) is 3.36. The fourth-order valence-corrected chi connectivity index (χ4v) is 3.36. The van der Waals surface area contributed by atoms with Crippen molar-refractivity contribution >= 4 is 23.5 Å². The molecule has 4 amide bonds. The first kappa shape index (κ1) is 19.0. The molecule has 2 aliphatic rings. The lowest BCUT2D eigenvalue weighted by Gasteiger charge is -2.09. The number of benzene rings is 2. The summed E-state index contributed by atoms with van der Waals surface area (Å²) in [6, 6.07) is 8.93. The van der Waals surface area contributed by atoms with Crippen LogP contribution in [0.5, 0.6) is 0 Å². The van der Waals surface area contributed by atoms with E-state index in [1.165, 1.54) is 30.3 Å². The summed E-state index contributed by atoms with van der Waals surface area (Å²) in [7, 11) is 0. The topological polar surface area (TPSA) is 87.3 Å². The molecule has 2 unspecified atom stereocenters. The van der Waals surface area contributed by atoms with Crippen molar-refractivity contribution < 1.29 is 27.6 Å². The number of amides is 4. The second kappa shape index (κ2) is 6.91. The van der Waals surface area contributed by atoms with Crippen molar-refractivity contribution in [3.63, 3.8) is 0 Å². The Morgan fingerprint density at radius 1 is 1.03 bits per heavy atom. The number of urea groups is 1. The van der Waals surface area contributed by atoms with E-state index < -0.39 is 29.6 Å². The van der Waals surface area contributed by atoms with Crippen LogP contribution in [0.1, 0.15) is 38.3 Å². The molecule has 1 fully saturated rings. The molecule has 3 N–H and O–H groups in total. The molecule has 150 valence electrons. The molecule has 1 aliphatic carbocycles. The largest absolute Gasteiger partial charge is 0.416 e. The standard InChI is InChI=1S/C20H16F3N3O3/c21-20(22,23)12-3-1-10(2-4-12)7-11-8-16(11)25-19(29)24-13-5-6-14-15(9-13)18(28)26-17(14)27/h1-6,9,11,16H,7-8H2,(H2,24,25,29)(H,26,27,28). The Labute approximate surface area is 163 Å². The second-order valence-electron chi connectivity index (χ2n) is 7.14. The Morgan fingerprint density at radius 2 is 1.72 bits per heavy atom. The van der Waals surface area contributed by atoms with Gasteiger partial charge in [-0.3, -0.25) is 14.9 Å². The number of rotatable bonds is 4. The van der Waals surface area contributed by atoms with E-state index in [0.29, 0.717) is 12.1 Å². The predicted molar refractivity (Wildman–Crippen MR) is 97.4 cm³/mol. The van der Waals surface area contributed by atoms with E-state index in [1.54, 1.807) is 0 Å². The number of hydrogen-bond acceptors (Lipinski definition) is 3. The highest BCUT2D eigenvalue weighted by molar-refractivity contribution is 6.22. The van der Waals surface area contributed by atoms with Crippen molar-refractivity contribution in [2.45, 2.75) is 25.1 Å². The molecule has 0 bridgehead atoms. The van der Waals surface area contributed by atoms with Crippen LogP contribution in [0, 0.1) is 5.92 Å². The maximum Gasteiger partial charge on any atom is 0.416 e. The Morgan fingerprint density at radius 3 is 2.41 bits per heavy atom. The summed E-state index contributed by atoms with van der Waals surface area (Å²) in [5, 5.41) is 7.60. The van der Waals surface area contributed by atoms with Gasteiger partial charge in [-0.15, -0.1) is 0 Å². The van der Waals surface area contributed by atoms with E-state index in [0.717, 1.165) is 24.1 Å². The third kappa shape index (κ3) is 4.08. The van der Waals surface area contributed by atoms with E-state index in [4.69, 9.17) is 0 Å². The van der Waals surface area contributed by atoms with Crippen molar-refractivity contribution in [3.8, 4) is 0 Å². The van der Waals surface area contributed by atoms with Crippen molar-refractivity contribution in [2.24, 2.45) is 5.92 Å². The van der Waals surface area contributed by atoms with Gasteiger partial charge in [0.1, 0.15) is 0 Å². The van der Waals surface area contributed by atoms with Crippen LogP contribution in [0.2, 0.25) is 0 Å². The van der Waals surface area contributed by atoms with E-state index in [9.17, 15) is 27.6 Å². The average Bonchev–Trinajstić information content (AvgIpc) is 3.30. The minimum Gasteiger partial charge on any atom is -0.335 e. The van der Waals surface area contributed by atoms with E-state index in [-0.39, 0.29) is 23.1 Å². The van der Waals surface area contributed by atoms with Crippen LogP contribution >= 0.6 is 0 Å². The van der Waals surface area contributed by atoms with Gasteiger partial charge in [0.15, 0.2) is 0 Å². The third-order valence-corrected chi connectivity index (χ3v) is 5.01. The number of carbonyl (C=O) groups excluding carboxylic acids is 3. The van der Waals surface area contributed by atoms with Gasteiger partial charge in [0.25, 0.3) is 11.8 Å². The number of halogens is 3. The molecule has 2 aromatic rings. The van der Waals surface area contributed by atoms with Gasteiger partial charge in [-0.05, 0) is 54.7 Å². The molecule has 4 rings (SSSR count). The number of carbonyl (C=O) groups is 3. The summed E-state index contributed by atoms with van der Waals surface area (Å²) in [5.74, 6) is -0.821. The fraction of sp³-hybridized carbons (Fsp3) is 0.250. The predicted octanol–water partition coefficient (Wildman–Crippen LogP) is 3.34. The summed E-state index contributed by atoms with van der Waals surface area (Å²) < 4.78 is 37.8. The summed E-state index contributed by atoms with van der Waals surface area (Å²) in [6.45, 7) is 0. The number of fused-ring (bicyclic) bond motifs is 1. The van der Waals surface area contributed by atoms with E-state index >= 15 is 0 Å². The van der Waals surface area contributed by atoms with Gasteiger partial charge in [-0.25, -0.2) is 4.79 Å². The lowest BCUT2D eigenvalue weighted by molar-refractivity contribution is -0.137. The summed E-state index contributed by atoms with van der Waals surface area (Å²) in [5.41, 5.74) is 0.947. The summed E-state index contributed by atoms with van der Waals surface area (Å²) in [6.07, 6.45) is -3.05. The molecular formula is C20H16F3N3O3. The Kier molecular flexibility index (Phi) is 4.52. The molecule has 2 aromatic carbocycles. The first-order chi connectivity index (χ1) is 13.7. The minimum absolute atomic E-state index is 0.0726. The van der Waals surface area contributed by atoms with Crippen LogP contribution in [0.15, 0.2) is 42.5 Å². The highest BCUT2D eigenvalue weighted by atomic mass is 19.4.